The molecule has 1 aromatic rings. The summed E-state index contributed by atoms with van der Waals surface area (Å²) in [7, 11) is -3.54. The van der Waals surface area contributed by atoms with Crippen molar-refractivity contribution in [2.45, 2.75) is 31.3 Å². The van der Waals surface area contributed by atoms with Gasteiger partial charge in [-0.25, -0.2) is 4.79 Å². The van der Waals surface area contributed by atoms with Gasteiger partial charge in [0, 0.05) is 25.7 Å². The van der Waals surface area contributed by atoms with E-state index in [4.69, 9.17) is 25.0 Å². The lowest BCUT2D eigenvalue weighted by molar-refractivity contribution is -0.0458. The Hall–Kier alpha value is -1.73. The molecular formula is C14H20N3O7P. The number of nitrogens with zero attached hydrogens (tertiary/aromatic N) is 2. The highest BCUT2D eigenvalue weighted by Gasteiger charge is 2.35. The van der Waals surface area contributed by atoms with Crippen molar-refractivity contribution >= 4 is 13.4 Å². The largest absolute Gasteiger partial charge is 0.394 e. The molecule has 138 valence electrons. The van der Waals surface area contributed by atoms with Crippen molar-refractivity contribution in [2.24, 2.45) is 0 Å². The van der Waals surface area contributed by atoms with Gasteiger partial charge in [-0.3, -0.25) is 9.13 Å². The molecule has 0 bridgehead atoms. The molecule has 4 atom stereocenters. The fourth-order valence-electron chi connectivity index (χ4n) is 2.26. The molecule has 25 heavy (non-hydrogen) atoms. The van der Waals surface area contributed by atoms with Crippen LogP contribution in [0.15, 0.2) is 11.0 Å². The van der Waals surface area contributed by atoms with Crippen molar-refractivity contribution in [3.63, 3.8) is 0 Å². The molecule has 1 aliphatic rings. The molecule has 2 heterocycles. The van der Waals surface area contributed by atoms with Crippen molar-refractivity contribution in [3.05, 3.63) is 22.2 Å². The summed E-state index contributed by atoms with van der Waals surface area (Å²) in [6.45, 7) is 0.682. The molecule has 0 amide bonds. The zero-order valence-corrected chi connectivity index (χ0v) is 14.4. The summed E-state index contributed by atoms with van der Waals surface area (Å²) in [6, 6.07) is 0. The van der Waals surface area contributed by atoms with Gasteiger partial charge in [-0.05, 0) is 0 Å². The molecule has 1 saturated heterocycles. The van der Waals surface area contributed by atoms with Crippen molar-refractivity contribution in [3.8, 4) is 11.8 Å². The van der Waals surface area contributed by atoms with E-state index in [-0.39, 0.29) is 37.4 Å². The highest BCUT2D eigenvalue weighted by atomic mass is 31.2. The second-order valence-corrected chi connectivity index (χ2v) is 7.40. The molecule has 0 aromatic carbocycles. The minimum absolute atomic E-state index is 0.0274. The summed E-state index contributed by atoms with van der Waals surface area (Å²) in [5, 5.41) is 18.9. The zero-order chi connectivity index (χ0) is 18.6. The lowest BCUT2D eigenvalue weighted by atomic mass is 10.2. The van der Waals surface area contributed by atoms with Crippen LogP contribution >= 0.6 is 7.60 Å². The number of anilines is 1. The van der Waals surface area contributed by atoms with Crippen molar-refractivity contribution in [2.75, 3.05) is 25.6 Å². The topological polar surface area (TPSA) is 157 Å². The van der Waals surface area contributed by atoms with Gasteiger partial charge in [0.25, 0.3) is 0 Å². The van der Waals surface area contributed by atoms with Crippen LogP contribution in [-0.2, 0) is 13.8 Å². The molecule has 0 radical (unpaired) electrons. The second kappa shape index (κ2) is 8.10. The average Bonchev–Trinajstić information content (AvgIpc) is 2.88. The minimum atomic E-state index is -3.54. The number of aliphatic hydroxyl groups excluding tert-OH is 2. The number of nitrogens with two attached hydrogens (primary N) is 1. The lowest BCUT2D eigenvalue weighted by Crippen LogP contribution is -2.28. The van der Waals surface area contributed by atoms with E-state index in [1.54, 1.807) is 0 Å². The standard InChI is InChI=1S/C14H20N3O7P/c1-25(21,22)23-5-3-2-4-9-7-17(14(20)16-13(9)15)12-6-10(19)11(8-18)24-12/h7,10-12,18-19H,3,5-6,8H2,1H3,(H,21,22)(H2,15,16,20). The molecule has 4 unspecified atom stereocenters. The summed E-state index contributed by atoms with van der Waals surface area (Å²) in [4.78, 5) is 24.7. The van der Waals surface area contributed by atoms with Gasteiger partial charge in [0.15, 0.2) is 0 Å². The van der Waals surface area contributed by atoms with Crippen LogP contribution in [0, 0.1) is 11.8 Å². The van der Waals surface area contributed by atoms with Gasteiger partial charge >= 0.3 is 13.3 Å². The predicted octanol–water partition coefficient (Wildman–Crippen LogP) is -0.960. The van der Waals surface area contributed by atoms with Crippen LogP contribution in [0.1, 0.15) is 24.6 Å². The molecule has 1 fully saturated rings. The van der Waals surface area contributed by atoms with Gasteiger partial charge in [0.2, 0.25) is 0 Å². The first-order valence-corrected chi connectivity index (χ1v) is 9.50. The summed E-state index contributed by atoms with van der Waals surface area (Å²) in [5.41, 5.74) is 5.29. The van der Waals surface area contributed by atoms with Crippen LogP contribution in [-0.4, -0.2) is 56.7 Å². The third-order valence-electron chi connectivity index (χ3n) is 3.46. The van der Waals surface area contributed by atoms with Crippen LogP contribution in [0.3, 0.4) is 0 Å². The highest BCUT2D eigenvalue weighted by molar-refractivity contribution is 7.51. The van der Waals surface area contributed by atoms with Gasteiger partial charge < -0.3 is 30.1 Å². The molecule has 0 saturated carbocycles. The molecule has 11 heteroatoms. The summed E-state index contributed by atoms with van der Waals surface area (Å²) in [5.74, 6) is 5.36. The first-order chi connectivity index (χ1) is 11.7. The van der Waals surface area contributed by atoms with Crippen LogP contribution in [0.2, 0.25) is 0 Å². The maximum atomic E-state index is 12.0. The smallest absolute Gasteiger partial charge is 0.351 e. The Morgan fingerprint density at radius 2 is 2.32 bits per heavy atom. The fourth-order valence-corrected chi connectivity index (χ4v) is 2.69. The van der Waals surface area contributed by atoms with Crippen molar-refractivity contribution in [1.82, 2.24) is 9.55 Å². The molecule has 2 rings (SSSR count). The monoisotopic (exact) mass is 373 g/mol. The summed E-state index contributed by atoms with van der Waals surface area (Å²) in [6.07, 6.45) is -0.773. The van der Waals surface area contributed by atoms with E-state index >= 15 is 0 Å². The molecule has 10 nitrogen and oxygen atoms in total. The third-order valence-corrected chi connectivity index (χ3v) is 4.12. The van der Waals surface area contributed by atoms with Crippen LogP contribution in [0.5, 0.6) is 0 Å². The number of aromatic nitrogens is 2. The van der Waals surface area contributed by atoms with Gasteiger partial charge in [-0.1, -0.05) is 11.8 Å². The van der Waals surface area contributed by atoms with Gasteiger partial charge in [0.1, 0.15) is 18.1 Å². The zero-order valence-electron chi connectivity index (χ0n) is 13.5. The van der Waals surface area contributed by atoms with E-state index in [0.29, 0.717) is 0 Å². The number of ether oxygens (including phenoxy) is 1. The Labute approximate surface area is 143 Å². The van der Waals surface area contributed by atoms with Crippen LogP contribution in [0.25, 0.3) is 0 Å². The van der Waals surface area contributed by atoms with Crippen molar-refractivity contribution < 1.29 is 28.9 Å². The highest BCUT2D eigenvalue weighted by Crippen LogP contribution is 2.36. The Kier molecular flexibility index (Phi) is 6.35. The third kappa shape index (κ3) is 5.37. The van der Waals surface area contributed by atoms with Crippen molar-refractivity contribution in [1.29, 1.82) is 0 Å². The summed E-state index contributed by atoms with van der Waals surface area (Å²) >= 11 is 0. The molecule has 0 aliphatic carbocycles. The number of hydrogen-bond acceptors (Lipinski definition) is 8. The number of aliphatic hydroxyl groups is 2. The first-order valence-electron chi connectivity index (χ1n) is 7.48. The quantitative estimate of drug-likeness (QED) is 0.290. The van der Waals surface area contributed by atoms with Gasteiger partial charge in [-0.15, -0.1) is 0 Å². The molecule has 5 N–H and O–H groups in total. The Morgan fingerprint density at radius 1 is 1.60 bits per heavy atom. The van der Waals surface area contributed by atoms with Crippen LogP contribution in [0.4, 0.5) is 5.82 Å². The second-order valence-electron chi connectivity index (χ2n) is 5.53. The fraction of sp³-hybridized carbons (Fsp3) is 0.571. The summed E-state index contributed by atoms with van der Waals surface area (Å²) < 4.78 is 22.2. The van der Waals surface area contributed by atoms with Gasteiger partial charge in [-0.2, -0.15) is 4.98 Å². The minimum Gasteiger partial charge on any atom is -0.394 e. The maximum absolute atomic E-state index is 12.0. The van der Waals surface area contributed by atoms with E-state index in [1.807, 2.05) is 0 Å². The van der Waals surface area contributed by atoms with E-state index in [2.05, 4.69) is 16.8 Å². The molecule has 1 aliphatic heterocycles. The molecule has 0 spiro atoms. The number of nitrogen functional groups attached to an aromatic ring is 1. The Bertz CT molecular complexity index is 779. The van der Waals surface area contributed by atoms with Gasteiger partial charge in [0.05, 0.1) is 24.9 Å². The average molecular weight is 373 g/mol. The van der Waals surface area contributed by atoms with E-state index in [0.717, 1.165) is 11.2 Å². The first kappa shape index (κ1) is 19.6. The predicted molar refractivity (Wildman–Crippen MR) is 87.7 cm³/mol. The Balaban J connectivity index is 2.13. The maximum Gasteiger partial charge on any atom is 0.351 e. The lowest BCUT2D eigenvalue weighted by Gasteiger charge is -2.15. The Morgan fingerprint density at radius 3 is 2.92 bits per heavy atom. The SMILES string of the molecule is CP(=O)(O)OCCC#Cc1cn(C2CC(O)C(CO)O2)c(=O)nc1N. The normalized spacial score (nSPS) is 25.2. The molecule has 1 aromatic heterocycles. The van der Waals surface area contributed by atoms with E-state index < -0.39 is 31.7 Å². The van der Waals surface area contributed by atoms with E-state index in [1.165, 1.54) is 6.20 Å². The van der Waals surface area contributed by atoms with Crippen LogP contribution < -0.4 is 11.4 Å². The van der Waals surface area contributed by atoms with E-state index in [9.17, 15) is 14.5 Å². The number of hydrogen-bond donors (Lipinski definition) is 4. The number of rotatable bonds is 5. The molecular weight excluding hydrogens is 353 g/mol.